The van der Waals surface area contributed by atoms with Crippen LogP contribution in [0.4, 0.5) is 0 Å². The predicted molar refractivity (Wildman–Crippen MR) is 136 cm³/mol. The molecule has 1 amide bonds. The van der Waals surface area contributed by atoms with Crippen LogP contribution in [-0.2, 0) is 23.5 Å². The van der Waals surface area contributed by atoms with Crippen molar-refractivity contribution in [3.63, 3.8) is 0 Å². The van der Waals surface area contributed by atoms with Crippen LogP contribution in [-0.4, -0.2) is 31.4 Å². The second-order valence-electron chi connectivity index (χ2n) is 7.88. The maximum atomic E-state index is 12.7. The van der Waals surface area contributed by atoms with Gasteiger partial charge in [0, 0.05) is 6.54 Å². The van der Waals surface area contributed by atoms with E-state index in [2.05, 4.69) is 62.3 Å². The van der Waals surface area contributed by atoms with E-state index in [1.165, 1.54) is 27.6 Å². The molecule has 33 heavy (non-hydrogen) atoms. The van der Waals surface area contributed by atoms with E-state index < -0.39 is 0 Å². The molecule has 0 radical (unpaired) electrons. The van der Waals surface area contributed by atoms with Crippen LogP contribution in [0.1, 0.15) is 42.8 Å². The first-order chi connectivity index (χ1) is 16.2. The third-order valence-corrected chi connectivity index (χ3v) is 8.89. The lowest BCUT2D eigenvalue weighted by atomic mass is 9.88. The number of hydrogen-bond donors (Lipinski definition) is 1. The van der Waals surface area contributed by atoms with Gasteiger partial charge in [-0.3, -0.25) is 4.79 Å². The second-order valence-corrected chi connectivity index (χ2v) is 11.1. The highest BCUT2D eigenvalue weighted by atomic mass is 32.2. The first-order valence-electron chi connectivity index (χ1n) is 11.1. The van der Waals surface area contributed by atoms with Crippen molar-refractivity contribution in [2.45, 2.75) is 54.0 Å². The maximum Gasteiger partial charge on any atom is 0.230 e. The normalized spacial score (nSPS) is 15.5. The number of thioether (sulfide) groups is 2. The number of carbonyl (C=O) groups is 1. The van der Waals surface area contributed by atoms with Crippen molar-refractivity contribution < 1.29 is 4.79 Å². The number of benzene rings is 2. The van der Waals surface area contributed by atoms with E-state index in [1.54, 1.807) is 23.1 Å². The Hall–Kier alpha value is -2.36. The van der Waals surface area contributed by atoms with Gasteiger partial charge in [-0.15, -0.1) is 21.5 Å². The van der Waals surface area contributed by atoms with Gasteiger partial charge in [0.1, 0.15) is 5.82 Å². The average Bonchev–Trinajstić information content (AvgIpc) is 3.44. The molecule has 0 fully saturated rings. The van der Waals surface area contributed by atoms with Crippen molar-refractivity contribution in [3.05, 3.63) is 65.5 Å². The molecule has 4 aromatic rings. The Balaban J connectivity index is 1.19. The van der Waals surface area contributed by atoms with Gasteiger partial charge in [-0.2, -0.15) is 0 Å². The highest BCUT2D eigenvalue weighted by Crippen LogP contribution is 2.32. The molecular weight excluding hydrogens is 470 g/mol. The zero-order valence-corrected chi connectivity index (χ0v) is 20.8. The Morgan fingerprint density at radius 2 is 2.00 bits per heavy atom. The van der Waals surface area contributed by atoms with Gasteiger partial charge in [-0.25, -0.2) is 4.98 Å². The topological polar surface area (TPSA) is 72.7 Å². The van der Waals surface area contributed by atoms with Crippen molar-refractivity contribution in [2.75, 3.05) is 5.75 Å². The van der Waals surface area contributed by atoms with E-state index in [-0.39, 0.29) is 11.9 Å². The van der Waals surface area contributed by atoms with E-state index in [9.17, 15) is 4.79 Å². The highest BCUT2D eigenvalue weighted by Gasteiger charge is 2.22. The SMILES string of the molecule is CCn1c(CSc2nc3ccccc3s2)nnc1SCC(=O)NC1CCCc2ccccc21. The van der Waals surface area contributed by atoms with Gasteiger partial charge in [0.2, 0.25) is 5.91 Å². The quantitative estimate of drug-likeness (QED) is 0.326. The van der Waals surface area contributed by atoms with Crippen LogP contribution in [0.3, 0.4) is 0 Å². The van der Waals surface area contributed by atoms with Gasteiger partial charge in [-0.1, -0.05) is 59.9 Å². The molecule has 2 aromatic heterocycles. The smallest absolute Gasteiger partial charge is 0.230 e. The molecule has 9 heteroatoms. The van der Waals surface area contributed by atoms with Crippen LogP contribution >= 0.6 is 34.9 Å². The number of aryl methyl sites for hydroxylation is 1. The number of nitrogens with zero attached hydrogens (tertiary/aromatic N) is 4. The molecule has 0 saturated heterocycles. The number of thiazole rings is 1. The first-order valence-corrected chi connectivity index (χ1v) is 13.9. The van der Waals surface area contributed by atoms with E-state index in [4.69, 9.17) is 0 Å². The molecule has 0 saturated carbocycles. The number of rotatable bonds is 8. The first kappa shape index (κ1) is 22.4. The third kappa shape index (κ3) is 5.10. The lowest BCUT2D eigenvalue weighted by Gasteiger charge is -2.26. The zero-order valence-electron chi connectivity index (χ0n) is 18.4. The Labute approximate surface area is 205 Å². The molecule has 6 nitrogen and oxygen atoms in total. The summed E-state index contributed by atoms with van der Waals surface area (Å²) in [6.45, 7) is 2.85. The molecule has 1 atom stereocenters. The summed E-state index contributed by atoms with van der Waals surface area (Å²) in [7, 11) is 0. The number of hydrogen-bond acceptors (Lipinski definition) is 7. The minimum Gasteiger partial charge on any atom is -0.349 e. The summed E-state index contributed by atoms with van der Waals surface area (Å²) in [5.41, 5.74) is 3.64. The number of aromatic nitrogens is 4. The minimum atomic E-state index is 0.0396. The molecule has 0 aliphatic heterocycles. The third-order valence-electron chi connectivity index (χ3n) is 5.75. The fourth-order valence-corrected chi connectivity index (χ4v) is 7.00. The number of carbonyl (C=O) groups excluding carboxylic acids is 1. The molecule has 170 valence electrons. The predicted octanol–water partition coefficient (Wildman–Crippen LogP) is 5.49. The Morgan fingerprint density at radius 1 is 1.15 bits per heavy atom. The summed E-state index contributed by atoms with van der Waals surface area (Å²) < 4.78 is 4.32. The molecule has 0 bridgehead atoms. The van der Waals surface area contributed by atoms with Crippen molar-refractivity contribution in [3.8, 4) is 0 Å². The van der Waals surface area contributed by atoms with E-state index in [0.717, 1.165) is 46.6 Å². The molecule has 1 N–H and O–H groups in total. The minimum absolute atomic E-state index is 0.0396. The molecule has 2 heterocycles. The fraction of sp³-hybridized carbons (Fsp3) is 0.333. The van der Waals surface area contributed by atoms with Crippen LogP contribution in [0.25, 0.3) is 10.2 Å². The number of para-hydroxylation sites is 1. The van der Waals surface area contributed by atoms with Crippen molar-refractivity contribution in [1.82, 2.24) is 25.1 Å². The summed E-state index contributed by atoms with van der Waals surface area (Å²) in [6.07, 6.45) is 3.19. The summed E-state index contributed by atoms with van der Waals surface area (Å²) in [4.78, 5) is 17.4. The standard InChI is InChI=1S/C24H25N5OS3/c1-2-29-21(14-32-24-26-19-11-5-6-13-20(19)33-24)27-28-23(29)31-15-22(30)25-18-12-7-9-16-8-3-4-10-17(16)18/h3-6,8,10-11,13,18H,2,7,9,12,14-15H2,1H3,(H,25,30). The van der Waals surface area contributed by atoms with Gasteiger partial charge in [0.05, 0.1) is 27.8 Å². The second kappa shape index (κ2) is 10.3. The van der Waals surface area contributed by atoms with Gasteiger partial charge in [-0.05, 0) is 49.4 Å². The molecule has 1 unspecified atom stereocenters. The van der Waals surface area contributed by atoms with Crippen LogP contribution in [0.2, 0.25) is 0 Å². The molecule has 5 rings (SSSR count). The molecule has 2 aromatic carbocycles. The van der Waals surface area contributed by atoms with Gasteiger partial charge < -0.3 is 9.88 Å². The summed E-state index contributed by atoms with van der Waals surface area (Å²) >= 11 is 4.83. The highest BCUT2D eigenvalue weighted by molar-refractivity contribution is 8.00. The monoisotopic (exact) mass is 495 g/mol. The van der Waals surface area contributed by atoms with E-state index >= 15 is 0 Å². The number of fused-ring (bicyclic) bond motifs is 2. The van der Waals surface area contributed by atoms with Crippen LogP contribution < -0.4 is 5.32 Å². The van der Waals surface area contributed by atoms with Crippen LogP contribution in [0.15, 0.2) is 58.0 Å². The summed E-state index contributed by atoms with van der Waals surface area (Å²) in [5.74, 6) is 1.98. The van der Waals surface area contributed by atoms with Crippen LogP contribution in [0, 0.1) is 0 Å². The Bertz CT molecular complexity index is 1230. The zero-order chi connectivity index (χ0) is 22.6. The molecule has 1 aliphatic rings. The van der Waals surface area contributed by atoms with Crippen molar-refractivity contribution in [2.24, 2.45) is 0 Å². The lowest BCUT2D eigenvalue weighted by molar-refractivity contribution is -0.119. The van der Waals surface area contributed by atoms with Crippen molar-refractivity contribution in [1.29, 1.82) is 0 Å². The average molecular weight is 496 g/mol. The Kier molecular flexibility index (Phi) is 6.99. The number of nitrogens with one attached hydrogen (secondary N) is 1. The molecule has 0 spiro atoms. The van der Waals surface area contributed by atoms with Gasteiger partial charge >= 0.3 is 0 Å². The number of amides is 1. The van der Waals surface area contributed by atoms with E-state index in [1.807, 2.05) is 18.2 Å². The summed E-state index contributed by atoms with van der Waals surface area (Å²) in [5, 5.41) is 12.8. The Morgan fingerprint density at radius 3 is 2.88 bits per heavy atom. The molecular formula is C24H25N5OS3. The van der Waals surface area contributed by atoms with E-state index in [0.29, 0.717) is 11.5 Å². The fourth-order valence-electron chi connectivity index (χ4n) is 4.16. The lowest BCUT2D eigenvalue weighted by Crippen LogP contribution is -2.32. The van der Waals surface area contributed by atoms with Gasteiger partial charge in [0.25, 0.3) is 0 Å². The molecule has 1 aliphatic carbocycles. The largest absolute Gasteiger partial charge is 0.349 e. The summed E-state index contributed by atoms with van der Waals surface area (Å²) in [6, 6.07) is 16.7. The van der Waals surface area contributed by atoms with Gasteiger partial charge in [0.15, 0.2) is 9.50 Å². The van der Waals surface area contributed by atoms with Crippen LogP contribution in [0.5, 0.6) is 0 Å². The van der Waals surface area contributed by atoms with Crippen molar-refractivity contribution >= 4 is 51.0 Å². The maximum absolute atomic E-state index is 12.7.